The first-order valence-electron chi connectivity index (χ1n) is 8.84. The Morgan fingerprint density at radius 2 is 1.89 bits per heavy atom. The van der Waals surface area contributed by atoms with Gasteiger partial charge >= 0.3 is 5.97 Å². The van der Waals surface area contributed by atoms with Crippen molar-refractivity contribution in [2.45, 2.75) is 19.8 Å². The van der Waals surface area contributed by atoms with Crippen LogP contribution < -0.4 is 5.32 Å². The van der Waals surface area contributed by atoms with Crippen LogP contribution in [0.2, 0.25) is 0 Å². The molecule has 0 atom stereocenters. The van der Waals surface area contributed by atoms with Gasteiger partial charge in [-0.15, -0.1) is 22.7 Å². The van der Waals surface area contributed by atoms with E-state index >= 15 is 0 Å². The lowest BCUT2D eigenvalue weighted by Crippen LogP contribution is -2.03. The van der Waals surface area contributed by atoms with Crippen LogP contribution in [0, 0.1) is 0 Å². The number of methoxy groups -OCH3 is 1. The topological polar surface area (TPSA) is 64.1 Å². The van der Waals surface area contributed by atoms with E-state index in [9.17, 15) is 4.79 Å². The van der Waals surface area contributed by atoms with Crippen LogP contribution in [0.5, 0.6) is 0 Å². The minimum Gasteiger partial charge on any atom is -0.465 e. The van der Waals surface area contributed by atoms with Crippen LogP contribution in [-0.4, -0.2) is 23.0 Å². The molecule has 1 aromatic carbocycles. The number of carbonyl (C=O) groups is 1. The molecule has 0 aliphatic rings. The van der Waals surface area contributed by atoms with Crippen LogP contribution in [0.3, 0.4) is 0 Å². The molecule has 28 heavy (non-hydrogen) atoms. The van der Waals surface area contributed by atoms with Crippen LogP contribution in [-0.2, 0) is 4.74 Å². The number of hydrogen-bond donors (Lipinski definition) is 1. The Hall–Kier alpha value is -2.77. The van der Waals surface area contributed by atoms with E-state index in [-0.39, 0.29) is 5.97 Å². The van der Waals surface area contributed by atoms with Gasteiger partial charge in [0.1, 0.15) is 21.9 Å². The highest BCUT2D eigenvalue weighted by atomic mass is 32.1. The minimum atomic E-state index is -0.363. The van der Waals surface area contributed by atoms with Gasteiger partial charge in [-0.1, -0.05) is 38.1 Å². The molecule has 4 aromatic rings. The molecule has 1 N–H and O–H groups in total. The van der Waals surface area contributed by atoms with Crippen LogP contribution in [0.15, 0.2) is 47.4 Å². The molecule has 3 heterocycles. The molecule has 0 aliphatic carbocycles. The standard InChI is InChI=1S/C21H19N3O2S2/c1-12(2)13-4-6-14(7-5-13)15-10-28-20-17(15)19(22-11-23-20)24-16-8-9-27-18(16)21(25)26-3/h4-12H,1-3H3,(H,22,23,24). The molecule has 0 aliphatic heterocycles. The largest absolute Gasteiger partial charge is 0.465 e. The van der Waals surface area contributed by atoms with Crippen LogP contribution in [0.1, 0.15) is 35.0 Å². The maximum atomic E-state index is 12.0. The highest BCUT2D eigenvalue weighted by Gasteiger charge is 2.18. The van der Waals surface area contributed by atoms with Gasteiger partial charge in [0.2, 0.25) is 0 Å². The molecule has 0 radical (unpaired) electrons. The number of nitrogens with one attached hydrogen (secondary N) is 1. The van der Waals surface area contributed by atoms with Gasteiger partial charge in [-0.05, 0) is 28.5 Å². The van der Waals surface area contributed by atoms with E-state index < -0.39 is 0 Å². The lowest BCUT2D eigenvalue weighted by molar-refractivity contribution is 0.0607. The smallest absolute Gasteiger partial charge is 0.350 e. The van der Waals surface area contributed by atoms with Gasteiger partial charge in [0.05, 0.1) is 18.2 Å². The number of benzene rings is 1. The van der Waals surface area contributed by atoms with Gasteiger partial charge in [-0.2, -0.15) is 0 Å². The molecule has 0 amide bonds. The Kier molecular flexibility index (Phi) is 5.11. The number of hydrogen-bond acceptors (Lipinski definition) is 7. The van der Waals surface area contributed by atoms with Crippen molar-refractivity contribution in [3.05, 3.63) is 57.9 Å². The van der Waals surface area contributed by atoms with Gasteiger partial charge in [0, 0.05) is 10.9 Å². The van der Waals surface area contributed by atoms with E-state index in [0.717, 1.165) is 21.3 Å². The summed E-state index contributed by atoms with van der Waals surface area (Å²) in [5.41, 5.74) is 4.18. The van der Waals surface area contributed by atoms with Crippen molar-refractivity contribution in [3.8, 4) is 11.1 Å². The van der Waals surface area contributed by atoms with Crippen LogP contribution in [0.25, 0.3) is 21.3 Å². The molecule has 0 spiro atoms. The van der Waals surface area contributed by atoms with E-state index in [2.05, 4.69) is 58.8 Å². The zero-order chi connectivity index (χ0) is 19.7. The molecule has 0 fully saturated rings. The second-order valence-electron chi connectivity index (χ2n) is 6.61. The Morgan fingerprint density at radius 3 is 2.61 bits per heavy atom. The number of ether oxygens (including phenoxy) is 1. The third-order valence-corrected chi connectivity index (χ3v) is 6.33. The summed E-state index contributed by atoms with van der Waals surface area (Å²) in [4.78, 5) is 22.3. The predicted molar refractivity (Wildman–Crippen MR) is 116 cm³/mol. The summed E-state index contributed by atoms with van der Waals surface area (Å²) in [7, 11) is 1.38. The Balaban J connectivity index is 1.78. The summed E-state index contributed by atoms with van der Waals surface area (Å²) in [5.74, 6) is 0.805. The van der Waals surface area contributed by atoms with Crippen molar-refractivity contribution >= 4 is 50.4 Å². The Morgan fingerprint density at radius 1 is 1.11 bits per heavy atom. The van der Waals surface area contributed by atoms with Crippen molar-refractivity contribution in [2.24, 2.45) is 0 Å². The summed E-state index contributed by atoms with van der Waals surface area (Å²) in [6, 6.07) is 10.5. The highest BCUT2D eigenvalue weighted by molar-refractivity contribution is 7.17. The van der Waals surface area contributed by atoms with Gasteiger partial charge in [0.15, 0.2) is 0 Å². The lowest BCUT2D eigenvalue weighted by atomic mass is 9.99. The SMILES string of the molecule is COC(=O)c1sccc1Nc1ncnc2scc(-c3ccc(C(C)C)cc3)c12. The molecule has 3 aromatic heterocycles. The summed E-state index contributed by atoms with van der Waals surface area (Å²) in [5, 5.41) is 8.21. The number of esters is 1. The first-order chi connectivity index (χ1) is 13.6. The first kappa shape index (κ1) is 18.6. The Bertz CT molecular complexity index is 1130. The number of aromatic nitrogens is 2. The number of carbonyl (C=O) groups excluding carboxylic acids is 1. The second kappa shape index (κ2) is 7.69. The maximum absolute atomic E-state index is 12.0. The fourth-order valence-electron chi connectivity index (χ4n) is 3.02. The molecule has 0 unspecified atom stereocenters. The van der Waals surface area contributed by atoms with Crippen molar-refractivity contribution in [1.82, 2.24) is 9.97 Å². The average molecular weight is 410 g/mol. The van der Waals surface area contributed by atoms with Crippen molar-refractivity contribution in [2.75, 3.05) is 12.4 Å². The fourth-order valence-corrected chi connectivity index (χ4v) is 4.70. The summed E-state index contributed by atoms with van der Waals surface area (Å²) in [6.45, 7) is 4.37. The lowest BCUT2D eigenvalue weighted by Gasteiger charge is -2.10. The maximum Gasteiger partial charge on any atom is 0.350 e. The molecule has 0 saturated carbocycles. The molecular weight excluding hydrogens is 390 g/mol. The summed E-state index contributed by atoms with van der Waals surface area (Å²) < 4.78 is 4.87. The molecule has 5 nitrogen and oxygen atoms in total. The van der Waals surface area contributed by atoms with Crippen LogP contribution >= 0.6 is 22.7 Å². The van der Waals surface area contributed by atoms with Gasteiger partial charge in [0.25, 0.3) is 0 Å². The number of thiophene rings is 2. The van der Waals surface area contributed by atoms with Gasteiger partial charge in [-0.25, -0.2) is 14.8 Å². The van der Waals surface area contributed by atoms with E-state index in [1.54, 1.807) is 11.3 Å². The van der Waals surface area contributed by atoms with Crippen LogP contribution in [0.4, 0.5) is 11.5 Å². The first-order valence-corrected chi connectivity index (χ1v) is 10.6. The van der Waals surface area contributed by atoms with Crippen molar-refractivity contribution in [3.63, 3.8) is 0 Å². The molecule has 7 heteroatoms. The molecular formula is C21H19N3O2S2. The normalized spacial score (nSPS) is 11.1. The highest BCUT2D eigenvalue weighted by Crippen LogP contribution is 2.38. The number of nitrogens with zero attached hydrogens (tertiary/aromatic N) is 2. The van der Waals surface area contributed by atoms with E-state index in [1.807, 2.05) is 11.4 Å². The molecule has 142 valence electrons. The summed E-state index contributed by atoms with van der Waals surface area (Å²) >= 11 is 2.92. The quantitative estimate of drug-likeness (QED) is 0.405. The monoisotopic (exact) mass is 409 g/mol. The molecule has 4 rings (SSSR count). The van der Waals surface area contributed by atoms with E-state index in [4.69, 9.17) is 4.74 Å². The predicted octanol–water partition coefficient (Wildman–Crippen LogP) is 6.07. The summed E-state index contributed by atoms with van der Waals surface area (Å²) in [6.07, 6.45) is 1.54. The van der Waals surface area contributed by atoms with E-state index in [1.165, 1.54) is 30.3 Å². The number of fused-ring (bicyclic) bond motifs is 1. The third-order valence-electron chi connectivity index (χ3n) is 4.55. The average Bonchev–Trinajstić information content (AvgIpc) is 3.35. The minimum absolute atomic E-state index is 0.363. The molecule has 0 bridgehead atoms. The van der Waals surface area contributed by atoms with E-state index in [0.29, 0.717) is 22.3 Å². The number of rotatable bonds is 5. The second-order valence-corrected chi connectivity index (χ2v) is 8.38. The zero-order valence-corrected chi connectivity index (χ0v) is 17.4. The van der Waals surface area contributed by atoms with Crippen molar-refractivity contribution < 1.29 is 9.53 Å². The van der Waals surface area contributed by atoms with Gasteiger partial charge < -0.3 is 10.1 Å². The third kappa shape index (κ3) is 3.39. The zero-order valence-electron chi connectivity index (χ0n) is 15.7. The van der Waals surface area contributed by atoms with Gasteiger partial charge in [-0.3, -0.25) is 0 Å². The number of anilines is 2. The Labute approximate surface area is 171 Å². The fraction of sp³-hybridized carbons (Fsp3) is 0.190. The molecule has 0 saturated heterocycles. The van der Waals surface area contributed by atoms with Crippen molar-refractivity contribution in [1.29, 1.82) is 0 Å².